The predicted molar refractivity (Wildman–Crippen MR) is 83.0 cm³/mol. The fourth-order valence-corrected chi connectivity index (χ4v) is 2.63. The van der Waals surface area contributed by atoms with E-state index in [4.69, 9.17) is 0 Å². The monoisotopic (exact) mass is 275 g/mol. The summed E-state index contributed by atoms with van der Waals surface area (Å²) in [6.45, 7) is 4.64. The van der Waals surface area contributed by atoms with E-state index in [0.717, 1.165) is 25.2 Å². The van der Waals surface area contributed by atoms with E-state index in [1.807, 2.05) is 25.2 Å². The molecule has 0 saturated carbocycles. The average molecular weight is 275 g/mol. The van der Waals surface area contributed by atoms with Crippen LogP contribution in [0.4, 0.5) is 5.69 Å². The lowest BCUT2D eigenvalue weighted by atomic mass is 10.1. The normalized spacial score (nSPS) is 19.1. The van der Waals surface area contributed by atoms with Crippen LogP contribution < -0.4 is 10.6 Å². The summed E-state index contributed by atoms with van der Waals surface area (Å²) >= 11 is 0. The molecule has 0 aromatic heterocycles. The van der Waals surface area contributed by atoms with Gasteiger partial charge in [-0.05, 0) is 50.6 Å². The van der Waals surface area contributed by atoms with Crippen LogP contribution in [0.5, 0.6) is 0 Å². The van der Waals surface area contributed by atoms with Gasteiger partial charge in [0.2, 0.25) is 5.91 Å². The first-order valence-corrected chi connectivity index (χ1v) is 7.48. The van der Waals surface area contributed by atoms with Crippen LogP contribution in [-0.2, 0) is 11.2 Å². The van der Waals surface area contributed by atoms with E-state index in [9.17, 15) is 4.79 Å². The second-order valence-corrected chi connectivity index (χ2v) is 5.52. The Kier molecular flexibility index (Phi) is 5.56. The van der Waals surface area contributed by atoms with Crippen molar-refractivity contribution in [3.63, 3.8) is 0 Å². The summed E-state index contributed by atoms with van der Waals surface area (Å²) in [7, 11) is 2.03. The van der Waals surface area contributed by atoms with Gasteiger partial charge in [-0.3, -0.25) is 9.69 Å². The van der Waals surface area contributed by atoms with Crippen molar-refractivity contribution < 1.29 is 4.79 Å². The maximum atomic E-state index is 12.1. The largest absolute Gasteiger partial charge is 0.325 e. The lowest BCUT2D eigenvalue weighted by Crippen LogP contribution is -2.46. The highest BCUT2D eigenvalue weighted by Gasteiger charge is 2.19. The average Bonchev–Trinajstić information content (AvgIpc) is 2.48. The fourth-order valence-electron chi connectivity index (χ4n) is 2.63. The van der Waals surface area contributed by atoms with E-state index in [2.05, 4.69) is 28.5 Å². The summed E-state index contributed by atoms with van der Waals surface area (Å²) in [5.74, 6) is 0.0614. The van der Waals surface area contributed by atoms with Crippen molar-refractivity contribution in [2.24, 2.45) is 0 Å². The van der Waals surface area contributed by atoms with Gasteiger partial charge in [0.25, 0.3) is 0 Å². The molecule has 1 atom stereocenters. The number of rotatable bonds is 5. The minimum atomic E-state index is 0.0614. The summed E-state index contributed by atoms with van der Waals surface area (Å²) in [5, 5.41) is 6.37. The number of anilines is 1. The third-order valence-corrected chi connectivity index (χ3v) is 3.91. The third kappa shape index (κ3) is 4.32. The van der Waals surface area contributed by atoms with Gasteiger partial charge in [0.15, 0.2) is 0 Å². The minimum absolute atomic E-state index is 0.0614. The smallest absolute Gasteiger partial charge is 0.238 e. The molecule has 110 valence electrons. The summed E-state index contributed by atoms with van der Waals surface area (Å²) < 4.78 is 0. The van der Waals surface area contributed by atoms with E-state index in [-0.39, 0.29) is 5.91 Å². The number of likely N-dealkylation sites (N-methyl/N-ethyl adjacent to an activating group) is 1. The van der Waals surface area contributed by atoms with Crippen LogP contribution in [0.2, 0.25) is 0 Å². The maximum absolute atomic E-state index is 12.1. The van der Waals surface area contributed by atoms with Crippen LogP contribution in [0.1, 0.15) is 25.3 Å². The Morgan fingerprint density at radius 1 is 1.50 bits per heavy atom. The van der Waals surface area contributed by atoms with Crippen LogP contribution in [0, 0.1) is 0 Å². The van der Waals surface area contributed by atoms with Crippen molar-refractivity contribution in [3.8, 4) is 0 Å². The number of benzene rings is 1. The third-order valence-electron chi connectivity index (χ3n) is 3.91. The van der Waals surface area contributed by atoms with Gasteiger partial charge in [0.05, 0.1) is 6.54 Å². The van der Waals surface area contributed by atoms with Crippen LogP contribution >= 0.6 is 0 Å². The Morgan fingerprint density at radius 2 is 2.35 bits per heavy atom. The molecule has 1 aromatic carbocycles. The van der Waals surface area contributed by atoms with Crippen LogP contribution in [0.15, 0.2) is 24.3 Å². The summed E-state index contributed by atoms with van der Waals surface area (Å²) in [6, 6.07) is 8.52. The molecule has 0 spiro atoms. The van der Waals surface area contributed by atoms with E-state index in [0.29, 0.717) is 12.6 Å². The zero-order valence-electron chi connectivity index (χ0n) is 12.5. The van der Waals surface area contributed by atoms with Crippen LogP contribution in [0.3, 0.4) is 0 Å². The first-order chi connectivity index (χ1) is 9.69. The first-order valence-electron chi connectivity index (χ1n) is 7.48. The van der Waals surface area contributed by atoms with Crippen molar-refractivity contribution >= 4 is 11.6 Å². The molecular weight excluding hydrogens is 250 g/mol. The summed E-state index contributed by atoms with van der Waals surface area (Å²) in [6.07, 6.45) is 3.34. The lowest BCUT2D eigenvalue weighted by molar-refractivity contribution is -0.117. The number of hydrogen-bond donors (Lipinski definition) is 2. The molecule has 1 amide bonds. The molecule has 1 fully saturated rings. The molecule has 1 heterocycles. The van der Waals surface area contributed by atoms with Gasteiger partial charge in [-0.2, -0.15) is 0 Å². The minimum Gasteiger partial charge on any atom is -0.325 e. The molecule has 20 heavy (non-hydrogen) atoms. The van der Waals surface area contributed by atoms with E-state index >= 15 is 0 Å². The molecule has 4 nitrogen and oxygen atoms in total. The molecule has 1 aliphatic rings. The highest BCUT2D eigenvalue weighted by molar-refractivity contribution is 5.92. The number of piperidine rings is 1. The molecule has 4 heteroatoms. The number of aryl methyl sites for hydroxylation is 1. The predicted octanol–water partition coefficient (Wildman–Crippen LogP) is 1.87. The van der Waals surface area contributed by atoms with Gasteiger partial charge in [-0.1, -0.05) is 19.1 Å². The Balaban J connectivity index is 1.84. The van der Waals surface area contributed by atoms with Crippen LogP contribution in [-0.4, -0.2) is 43.5 Å². The van der Waals surface area contributed by atoms with Gasteiger partial charge in [0.1, 0.15) is 0 Å². The van der Waals surface area contributed by atoms with Crippen molar-refractivity contribution in [1.29, 1.82) is 0 Å². The molecule has 0 aliphatic carbocycles. The fraction of sp³-hybridized carbons (Fsp3) is 0.562. The number of carbonyl (C=O) groups excluding carboxylic acids is 1. The van der Waals surface area contributed by atoms with Crippen molar-refractivity contribution in [2.75, 3.05) is 32.0 Å². The van der Waals surface area contributed by atoms with Crippen molar-refractivity contribution in [3.05, 3.63) is 29.8 Å². The molecule has 2 rings (SSSR count). The highest BCUT2D eigenvalue weighted by atomic mass is 16.2. The van der Waals surface area contributed by atoms with Gasteiger partial charge >= 0.3 is 0 Å². The topological polar surface area (TPSA) is 44.4 Å². The van der Waals surface area contributed by atoms with E-state index < -0.39 is 0 Å². The first kappa shape index (κ1) is 15.0. The lowest BCUT2D eigenvalue weighted by Gasteiger charge is -2.31. The molecule has 1 aliphatic heterocycles. The number of nitrogens with zero attached hydrogens (tertiary/aromatic N) is 1. The highest BCUT2D eigenvalue weighted by Crippen LogP contribution is 2.12. The zero-order valence-corrected chi connectivity index (χ0v) is 12.5. The van der Waals surface area contributed by atoms with Crippen LogP contribution in [0.25, 0.3) is 0 Å². The Hall–Kier alpha value is -1.39. The molecule has 0 radical (unpaired) electrons. The quantitative estimate of drug-likeness (QED) is 0.862. The molecule has 1 aromatic rings. The Morgan fingerprint density at radius 3 is 3.05 bits per heavy atom. The van der Waals surface area contributed by atoms with Gasteiger partial charge in [-0.15, -0.1) is 0 Å². The number of carbonyl (C=O) groups is 1. The standard InChI is InChI=1S/C16H25N3O/c1-3-13-6-4-7-14(10-13)18-16(20)12-19(2)15-8-5-9-17-11-15/h4,6-7,10,15,17H,3,5,8-9,11-12H2,1-2H3,(H,18,20). The SMILES string of the molecule is CCc1cccc(NC(=O)CN(C)C2CCCNC2)c1. The number of amides is 1. The molecule has 0 bridgehead atoms. The van der Waals surface area contributed by atoms with Gasteiger partial charge in [0, 0.05) is 18.3 Å². The van der Waals surface area contributed by atoms with Crippen molar-refractivity contribution in [1.82, 2.24) is 10.2 Å². The maximum Gasteiger partial charge on any atom is 0.238 e. The van der Waals surface area contributed by atoms with Crippen molar-refractivity contribution in [2.45, 2.75) is 32.2 Å². The Labute approximate surface area is 121 Å². The molecule has 2 N–H and O–H groups in total. The number of hydrogen-bond acceptors (Lipinski definition) is 3. The molecular formula is C16H25N3O. The second-order valence-electron chi connectivity index (χ2n) is 5.52. The summed E-state index contributed by atoms with van der Waals surface area (Å²) in [4.78, 5) is 14.2. The summed E-state index contributed by atoms with van der Waals surface area (Å²) in [5.41, 5.74) is 2.14. The van der Waals surface area contributed by atoms with E-state index in [1.165, 1.54) is 18.4 Å². The van der Waals surface area contributed by atoms with Gasteiger partial charge in [-0.25, -0.2) is 0 Å². The van der Waals surface area contributed by atoms with E-state index in [1.54, 1.807) is 0 Å². The molecule has 1 saturated heterocycles. The van der Waals surface area contributed by atoms with Gasteiger partial charge < -0.3 is 10.6 Å². The molecule has 1 unspecified atom stereocenters. The zero-order chi connectivity index (χ0) is 14.4. The number of nitrogens with one attached hydrogen (secondary N) is 2. The second kappa shape index (κ2) is 7.41. The Bertz CT molecular complexity index is 441.